The second kappa shape index (κ2) is 10.3. The van der Waals surface area contributed by atoms with Crippen molar-refractivity contribution in [2.24, 2.45) is 5.92 Å². The number of rotatable bonds is 9. The molecule has 6 nitrogen and oxygen atoms in total. The van der Waals surface area contributed by atoms with Crippen molar-refractivity contribution < 1.29 is 14.6 Å². The first-order valence-electron chi connectivity index (χ1n) is 10.7. The van der Waals surface area contributed by atoms with Gasteiger partial charge in [0.15, 0.2) is 5.13 Å². The zero-order valence-corrected chi connectivity index (χ0v) is 19.3. The molecule has 2 heterocycles. The molecule has 2 aromatic heterocycles. The van der Waals surface area contributed by atoms with Crippen LogP contribution in [-0.2, 0) is 4.79 Å². The van der Waals surface area contributed by atoms with Crippen LogP contribution in [0.2, 0.25) is 0 Å². The van der Waals surface area contributed by atoms with E-state index in [1.54, 1.807) is 6.20 Å². The molecule has 2 N–H and O–H groups in total. The number of ether oxygens (including phenoxy) is 1. The Kier molecular flexibility index (Phi) is 7.00. The van der Waals surface area contributed by atoms with Gasteiger partial charge in [0.05, 0.1) is 17.0 Å². The SMILES string of the molecule is CC(C)C(CC(=O)O)Nc1nc(-c2ccc(Oc3ccccc3)cc2)c(-c2cccnc2)s1. The van der Waals surface area contributed by atoms with Crippen LogP contribution in [-0.4, -0.2) is 27.1 Å². The first-order chi connectivity index (χ1) is 16.0. The van der Waals surface area contributed by atoms with E-state index >= 15 is 0 Å². The molecule has 0 saturated carbocycles. The number of nitrogens with zero attached hydrogens (tertiary/aromatic N) is 2. The number of pyridine rings is 1. The van der Waals surface area contributed by atoms with Crippen molar-refractivity contribution in [3.05, 3.63) is 79.1 Å². The van der Waals surface area contributed by atoms with E-state index in [0.29, 0.717) is 5.13 Å². The highest BCUT2D eigenvalue weighted by Crippen LogP contribution is 2.40. The molecule has 0 spiro atoms. The highest BCUT2D eigenvalue weighted by Gasteiger charge is 2.21. The maximum absolute atomic E-state index is 11.3. The van der Waals surface area contributed by atoms with Crippen molar-refractivity contribution in [2.45, 2.75) is 26.3 Å². The van der Waals surface area contributed by atoms with Crippen LogP contribution in [0.4, 0.5) is 5.13 Å². The van der Waals surface area contributed by atoms with Crippen LogP contribution in [0.5, 0.6) is 11.5 Å². The van der Waals surface area contributed by atoms with Crippen molar-refractivity contribution in [2.75, 3.05) is 5.32 Å². The fourth-order valence-corrected chi connectivity index (χ4v) is 4.42. The standard InChI is InChI=1S/C26H25N3O3S/c1-17(2)22(15-23(30)31)28-26-29-24(25(33-26)19-7-6-14-27-16-19)18-10-12-21(13-11-18)32-20-8-4-3-5-9-20/h3-14,16-17,22H,15H2,1-2H3,(H,28,29)(H,30,31). The van der Waals surface area contributed by atoms with Crippen molar-refractivity contribution in [1.82, 2.24) is 9.97 Å². The lowest BCUT2D eigenvalue weighted by Crippen LogP contribution is -2.28. The molecule has 0 bridgehead atoms. The van der Waals surface area contributed by atoms with Crippen molar-refractivity contribution in [1.29, 1.82) is 0 Å². The third-order valence-electron chi connectivity index (χ3n) is 5.17. The summed E-state index contributed by atoms with van der Waals surface area (Å²) in [6, 6.07) is 21.1. The molecule has 1 unspecified atom stereocenters. The number of carboxylic acid groups (broad SMARTS) is 1. The molecule has 7 heteroatoms. The van der Waals surface area contributed by atoms with Crippen LogP contribution in [0.1, 0.15) is 20.3 Å². The van der Waals surface area contributed by atoms with Gasteiger partial charge in [0.2, 0.25) is 0 Å². The summed E-state index contributed by atoms with van der Waals surface area (Å²) in [6.07, 6.45) is 3.58. The predicted octanol–water partition coefficient (Wildman–Crippen LogP) is 6.58. The summed E-state index contributed by atoms with van der Waals surface area (Å²) in [5.74, 6) is 0.826. The average molecular weight is 460 g/mol. The zero-order chi connectivity index (χ0) is 23.2. The molecule has 168 valence electrons. The molecular formula is C26H25N3O3S. The van der Waals surface area contributed by atoms with E-state index in [9.17, 15) is 9.90 Å². The first kappa shape index (κ1) is 22.5. The lowest BCUT2D eigenvalue weighted by molar-refractivity contribution is -0.137. The number of para-hydroxylation sites is 1. The second-order valence-corrected chi connectivity index (χ2v) is 8.97. The Morgan fingerprint density at radius 3 is 2.36 bits per heavy atom. The maximum Gasteiger partial charge on any atom is 0.305 e. The second-order valence-electron chi connectivity index (χ2n) is 7.97. The van der Waals surface area contributed by atoms with Gasteiger partial charge in [0.1, 0.15) is 11.5 Å². The Balaban J connectivity index is 1.65. The summed E-state index contributed by atoms with van der Waals surface area (Å²) in [5, 5.41) is 13.3. The smallest absolute Gasteiger partial charge is 0.305 e. The lowest BCUT2D eigenvalue weighted by Gasteiger charge is -2.19. The number of carbonyl (C=O) groups is 1. The minimum atomic E-state index is -0.834. The molecule has 2 aromatic carbocycles. The van der Waals surface area contributed by atoms with Crippen LogP contribution < -0.4 is 10.1 Å². The molecule has 33 heavy (non-hydrogen) atoms. The molecule has 0 aliphatic carbocycles. The highest BCUT2D eigenvalue weighted by molar-refractivity contribution is 7.19. The van der Waals surface area contributed by atoms with E-state index in [0.717, 1.165) is 33.2 Å². The summed E-state index contributed by atoms with van der Waals surface area (Å²) >= 11 is 1.50. The third kappa shape index (κ3) is 5.75. The fourth-order valence-electron chi connectivity index (χ4n) is 3.38. The molecule has 0 fully saturated rings. The summed E-state index contributed by atoms with van der Waals surface area (Å²) in [4.78, 5) is 21.4. The monoisotopic (exact) mass is 459 g/mol. The van der Waals surface area contributed by atoms with Gasteiger partial charge >= 0.3 is 5.97 Å². The van der Waals surface area contributed by atoms with Crippen LogP contribution in [0.15, 0.2) is 79.1 Å². The summed E-state index contributed by atoms with van der Waals surface area (Å²) in [7, 11) is 0. The van der Waals surface area contributed by atoms with Gasteiger partial charge < -0.3 is 15.2 Å². The molecular weight excluding hydrogens is 434 g/mol. The maximum atomic E-state index is 11.3. The number of nitrogens with one attached hydrogen (secondary N) is 1. The Morgan fingerprint density at radius 1 is 1.00 bits per heavy atom. The molecule has 0 radical (unpaired) electrons. The summed E-state index contributed by atoms with van der Waals surface area (Å²) in [6.45, 7) is 4.01. The van der Waals surface area contributed by atoms with Gasteiger partial charge in [-0.2, -0.15) is 0 Å². The number of thiazole rings is 1. The topological polar surface area (TPSA) is 84.3 Å². The molecule has 0 aliphatic heterocycles. The Morgan fingerprint density at radius 2 is 1.73 bits per heavy atom. The van der Waals surface area contributed by atoms with Crippen LogP contribution in [0.3, 0.4) is 0 Å². The van der Waals surface area contributed by atoms with E-state index < -0.39 is 5.97 Å². The van der Waals surface area contributed by atoms with Crippen molar-refractivity contribution in [3.8, 4) is 33.2 Å². The molecule has 0 aliphatic rings. The Hall–Kier alpha value is -3.71. The van der Waals surface area contributed by atoms with Gasteiger partial charge in [-0.1, -0.05) is 49.4 Å². The van der Waals surface area contributed by atoms with Crippen LogP contribution in [0.25, 0.3) is 21.7 Å². The van der Waals surface area contributed by atoms with Crippen molar-refractivity contribution >= 4 is 22.4 Å². The fraction of sp³-hybridized carbons (Fsp3) is 0.192. The van der Waals surface area contributed by atoms with Crippen LogP contribution >= 0.6 is 11.3 Å². The molecule has 4 aromatic rings. The number of benzene rings is 2. The van der Waals surface area contributed by atoms with Crippen molar-refractivity contribution in [3.63, 3.8) is 0 Å². The van der Waals surface area contributed by atoms with Gasteiger partial charge in [-0.05, 0) is 48.4 Å². The summed E-state index contributed by atoms with van der Waals surface area (Å²) in [5.41, 5.74) is 2.72. The van der Waals surface area contributed by atoms with Gasteiger partial charge in [0.25, 0.3) is 0 Å². The van der Waals surface area contributed by atoms with E-state index in [2.05, 4.69) is 10.3 Å². The number of hydrogen-bond acceptors (Lipinski definition) is 6. The first-order valence-corrected chi connectivity index (χ1v) is 11.5. The van der Waals surface area contributed by atoms with Gasteiger partial charge in [-0.25, -0.2) is 4.98 Å². The van der Waals surface area contributed by atoms with E-state index in [4.69, 9.17) is 9.72 Å². The van der Waals surface area contributed by atoms with E-state index in [1.165, 1.54) is 11.3 Å². The number of anilines is 1. The number of carboxylic acids is 1. The van der Waals surface area contributed by atoms with Gasteiger partial charge in [0, 0.05) is 29.6 Å². The zero-order valence-electron chi connectivity index (χ0n) is 18.4. The molecule has 0 amide bonds. The van der Waals surface area contributed by atoms with Gasteiger partial charge in [-0.3, -0.25) is 9.78 Å². The summed E-state index contributed by atoms with van der Waals surface area (Å²) < 4.78 is 5.91. The molecule has 4 rings (SSSR count). The normalized spacial score (nSPS) is 11.8. The highest BCUT2D eigenvalue weighted by atomic mass is 32.1. The van der Waals surface area contributed by atoms with E-state index in [-0.39, 0.29) is 18.4 Å². The van der Waals surface area contributed by atoms with Crippen LogP contribution in [0, 0.1) is 5.92 Å². The number of aliphatic carboxylic acids is 1. The van der Waals surface area contributed by atoms with E-state index in [1.807, 2.05) is 86.8 Å². The lowest BCUT2D eigenvalue weighted by atomic mass is 10.0. The minimum absolute atomic E-state index is 0.0281. The molecule has 1 atom stereocenters. The Labute approximate surface area is 196 Å². The van der Waals surface area contributed by atoms with Gasteiger partial charge in [-0.15, -0.1) is 0 Å². The minimum Gasteiger partial charge on any atom is -0.481 e. The molecule has 0 saturated heterocycles. The third-order valence-corrected chi connectivity index (χ3v) is 6.20. The largest absolute Gasteiger partial charge is 0.481 e. The quantitative estimate of drug-likeness (QED) is 0.294. The number of aromatic nitrogens is 2. The Bertz CT molecular complexity index is 1190. The average Bonchev–Trinajstić information content (AvgIpc) is 3.24. The number of hydrogen-bond donors (Lipinski definition) is 2. The predicted molar refractivity (Wildman–Crippen MR) is 132 cm³/mol.